The second-order valence-electron chi connectivity index (χ2n) is 4.66. The summed E-state index contributed by atoms with van der Waals surface area (Å²) >= 11 is 0. The Labute approximate surface area is 86.8 Å². The average Bonchev–Trinajstić information content (AvgIpc) is 2.10. The van der Waals surface area contributed by atoms with E-state index in [9.17, 15) is 4.79 Å². The van der Waals surface area contributed by atoms with Gasteiger partial charge in [-0.2, -0.15) is 0 Å². The fourth-order valence-electron chi connectivity index (χ4n) is 2.35. The first kappa shape index (κ1) is 11.3. The Bertz CT molecular complexity index is 232. The quantitative estimate of drug-likeness (QED) is 0.736. The molecule has 0 aromatic rings. The van der Waals surface area contributed by atoms with E-state index < -0.39 is 0 Å². The number of hydrogen-bond donors (Lipinski definition) is 1. The van der Waals surface area contributed by atoms with Crippen LogP contribution in [0.3, 0.4) is 0 Å². The Hall–Kier alpha value is -0.790. The Kier molecular flexibility index (Phi) is 3.73. The topological polar surface area (TPSA) is 29.1 Å². The van der Waals surface area contributed by atoms with Crippen LogP contribution in [0.2, 0.25) is 0 Å². The first-order valence-corrected chi connectivity index (χ1v) is 5.49. The van der Waals surface area contributed by atoms with Gasteiger partial charge in [0.2, 0.25) is 5.91 Å². The van der Waals surface area contributed by atoms with Crippen LogP contribution in [0.1, 0.15) is 34.1 Å². The molecule has 0 bridgehead atoms. The van der Waals surface area contributed by atoms with E-state index in [1.54, 1.807) is 6.20 Å². The predicted octanol–water partition coefficient (Wildman–Crippen LogP) is 2.56. The summed E-state index contributed by atoms with van der Waals surface area (Å²) in [7, 11) is 0. The second kappa shape index (κ2) is 4.63. The van der Waals surface area contributed by atoms with E-state index in [1.165, 1.54) is 6.42 Å². The Morgan fingerprint density at radius 3 is 2.57 bits per heavy atom. The van der Waals surface area contributed by atoms with Crippen molar-refractivity contribution < 1.29 is 4.79 Å². The molecule has 2 nitrogen and oxygen atoms in total. The number of carbonyl (C=O) groups excluding carboxylic acids is 1. The van der Waals surface area contributed by atoms with Crippen molar-refractivity contribution in [3.05, 3.63) is 12.3 Å². The molecule has 80 valence electrons. The van der Waals surface area contributed by atoms with Gasteiger partial charge in [0.05, 0.1) is 0 Å². The van der Waals surface area contributed by atoms with Crippen LogP contribution in [0.15, 0.2) is 12.3 Å². The van der Waals surface area contributed by atoms with E-state index in [0.29, 0.717) is 17.8 Å². The number of hydrogen-bond acceptors (Lipinski definition) is 1. The second-order valence-corrected chi connectivity index (χ2v) is 4.66. The number of carbonyl (C=O) groups is 1. The molecule has 0 aromatic heterocycles. The fraction of sp³-hybridized carbons (Fsp3) is 0.750. The maximum absolute atomic E-state index is 11.7. The molecule has 1 aliphatic carbocycles. The highest BCUT2D eigenvalue weighted by atomic mass is 16.1. The molecule has 0 heterocycles. The number of amides is 1. The summed E-state index contributed by atoms with van der Waals surface area (Å²) in [6.45, 7) is 8.47. The molecule has 1 aliphatic rings. The van der Waals surface area contributed by atoms with Crippen LogP contribution in [0.4, 0.5) is 0 Å². The third kappa shape index (κ3) is 2.17. The third-order valence-electron chi connectivity index (χ3n) is 3.27. The van der Waals surface area contributed by atoms with Crippen molar-refractivity contribution in [3.8, 4) is 0 Å². The van der Waals surface area contributed by atoms with Gasteiger partial charge in [-0.1, -0.05) is 26.8 Å². The van der Waals surface area contributed by atoms with Crippen molar-refractivity contribution >= 4 is 5.91 Å². The third-order valence-corrected chi connectivity index (χ3v) is 3.27. The Balaban J connectivity index is 2.52. The lowest BCUT2D eigenvalue weighted by Gasteiger charge is -2.44. The summed E-state index contributed by atoms with van der Waals surface area (Å²) in [4.78, 5) is 11.7. The summed E-state index contributed by atoms with van der Waals surface area (Å²) in [5, 5.41) is 2.83. The van der Waals surface area contributed by atoms with Gasteiger partial charge in [-0.25, -0.2) is 0 Å². The molecule has 0 aromatic carbocycles. The van der Waals surface area contributed by atoms with Gasteiger partial charge < -0.3 is 5.32 Å². The van der Waals surface area contributed by atoms with E-state index in [1.807, 2.05) is 13.0 Å². The maximum atomic E-state index is 11.7. The molecule has 0 radical (unpaired) electrons. The van der Waals surface area contributed by atoms with Crippen molar-refractivity contribution in [1.82, 2.24) is 5.32 Å². The molecule has 1 amide bonds. The van der Waals surface area contributed by atoms with Crippen molar-refractivity contribution in [2.45, 2.75) is 34.1 Å². The molecule has 1 rings (SSSR count). The van der Waals surface area contributed by atoms with Crippen molar-refractivity contribution in [2.24, 2.45) is 23.7 Å². The van der Waals surface area contributed by atoms with Crippen LogP contribution < -0.4 is 5.32 Å². The van der Waals surface area contributed by atoms with Crippen LogP contribution in [0.5, 0.6) is 0 Å². The number of allylic oxidation sites excluding steroid dienone is 1. The smallest absolute Gasteiger partial charge is 0.227 e. The minimum Gasteiger partial charge on any atom is -0.333 e. The molecule has 0 spiro atoms. The normalized spacial score (nSPS) is 31.9. The molecule has 0 aliphatic heterocycles. The monoisotopic (exact) mass is 195 g/mol. The Morgan fingerprint density at radius 1 is 1.50 bits per heavy atom. The fourth-order valence-corrected chi connectivity index (χ4v) is 2.35. The van der Waals surface area contributed by atoms with Gasteiger partial charge in [-0.3, -0.25) is 4.79 Å². The first-order valence-electron chi connectivity index (χ1n) is 5.49. The largest absolute Gasteiger partial charge is 0.333 e. The zero-order valence-electron chi connectivity index (χ0n) is 9.58. The van der Waals surface area contributed by atoms with Crippen LogP contribution in [-0.4, -0.2) is 5.91 Å². The van der Waals surface area contributed by atoms with Gasteiger partial charge in [0, 0.05) is 5.92 Å². The zero-order chi connectivity index (χ0) is 10.7. The van der Waals surface area contributed by atoms with Gasteiger partial charge in [0.15, 0.2) is 0 Å². The van der Waals surface area contributed by atoms with E-state index >= 15 is 0 Å². The van der Waals surface area contributed by atoms with Gasteiger partial charge in [0.25, 0.3) is 0 Å². The molecule has 3 atom stereocenters. The van der Waals surface area contributed by atoms with Crippen LogP contribution in [0.25, 0.3) is 0 Å². The Morgan fingerprint density at radius 2 is 2.14 bits per heavy atom. The summed E-state index contributed by atoms with van der Waals surface area (Å²) < 4.78 is 0. The highest BCUT2D eigenvalue weighted by molar-refractivity contribution is 5.81. The summed E-state index contributed by atoms with van der Waals surface area (Å²) in [6.07, 6.45) is 4.78. The average molecular weight is 195 g/mol. The molecule has 14 heavy (non-hydrogen) atoms. The molecular weight excluding hydrogens is 174 g/mol. The molecule has 1 N–H and O–H groups in total. The molecular formula is C12H21NO. The van der Waals surface area contributed by atoms with Crippen LogP contribution >= 0.6 is 0 Å². The highest BCUT2D eigenvalue weighted by Crippen LogP contribution is 2.44. The van der Waals surface area contributed by atoms with E-state index in [0.717, 1.165) is 0 Å². The lowest BCUT2D eigenvalue weighted by atomic mass is 9.61. The van der Waals surface area contributed by atoms with Crippen molar-refractivity contribution in [2.75, 3.05) is 0 Å². The summed E-state index contributed by atoms with van der Waals surface area (Å²) in [5.41, 5.74) is 0. The summed E-state index contributed by atoms with van der Waals surface area (Å²) in [5.74, 6) is 2.17. The number of nitrogens with one attached hydrogen (secondary N) is 1. The highest BCUT2D eigenvalue weighted by Gasteiger charge is 2.43. The molecule has 1 fully saturated rings. The minimum atomic E-state index is 0.195. The van der Waals surface area contributed by atoms with E-state index in [4.69, 9.17) is 0 Å². The molecule has 3 unspecified atom stereocenters. The van der Waals surface area contributed by atoms with Crippen molar-refractivity contribution in [3.63, 3.8) is 0 Å². The minimum absolute atomic E-state index is 0.195. The van der Waals surface area contributed by atoms with Gasteiger partial charge in [-0.05, 0) is 37.3 Å². The molecule has 2 heteroatoms. The standard InChI is InChI=1S/C12H21NO/c1-5-6-13-12(14)11-9(4)7-10(11)8(2)3/h5-6,8-11H,7H2,1-4H3,(H,13,14)/b6-5-. The molecule has 0 saturated heterocycles. The zero-order valence-corrected chi connectivity index (χ0v) is 9.58. The first-order chi connectivity index (χ1) is 6.57. The molecule has 1 saturated carbocycles. The predicted molar refractivity (Wildman–Crippen MR) is 58.6 cm³/mol. The SMILES string of the molecule is C/C=C\NC(=O)C1C(C)CC1C(C)C. The van der Waals surface area contributed by atoms with Crippen molar-refractivity contribution in [1.29, 1.82) is 0 Å². The van der Waals surface area contributed by atoms with E-state index in [2.05, 4.69) is 26.1 Å². The van der Waals surface area contributed by atoms with E-state index in [-0.39, 0.29) is 11.8 Å². The summed E-state index contributed by atoms with van der Waals surface area (Å²) in [6, 6.07) is 0. The van der Waals surface area contributed by atoms with Crippen LogP contribution in [-0.2, 0) is 4.79 Å². The lowest BCUT2D eigenvalue weighted by molar-refractivity contribution is -0.134. The van der Waals surface area contributed by atoms with Crippen LogP contribution in [0, 0.1) is 23.7 Å². The lowest BCUT2D eigenvalue weighted by Crippen LogP contribution is -2.47. The van der Waals surface area contributed by atoms with Gasteiger partial charge >= 0.3 is 0 Å². The van der Waals surface area contributed by atoms with Gasteiger partial charge in [-0.15, -0.1) is 0 Å². The van der Waals surface area contributed by atoms with Gasteiger partial charge in [0.1, 0.15) is 0 Å². The number of rotatable bonds is 3. The maximum Gasteiger partial charge on any atom is 0.227 e.